The first-order valence-electron chi connectivity index (χ1n) is 18.4. The predicted molar refractivity (Wildman–Crippen MR) is 225 cm³/mol. The Morgan fingerprint density at radius 3 is 2.31 bits per heavy atom. The van der Waals surface area contributed by atoms with E-state index in [0.717, 1.165) is 67.7 Å². The molecule has 0 fully saturated rings. The van der Waals surface area contributed by atoms with Gasteiger partial charge in [0, 0.05) is 37.4 Å². The van der Waals surface area contributed by atoms with Crippen LogP contribution in [0.5, 0.6) is 0 Å². The summed E-state index contributed by atoms with van der Waals surface area (Å²) >= 11 is 0. The minimum Gasteiger partial charge on any atom is -0.501 e. The maximum Gasteiger partial charge on any atom is 0.120 e. The van der Waals surface area contributed by atoms with Crippen molar-refractivity contribution in [3.05, 3.63) is 157 Å². The van der Waals surface area contributed by atoms with E-state index in [1.165, 1.54) is 27.1 Å². The maximum absolute atomic E-state index is 6.31. The van der Waals surface area contributed by atoms with Crippen molar-refractivity contribution in [2.24, 2.45) is 5.92 Å². The molecule has 0 atom stereocenters. The number of furan rings is 1. The van der Waals surface area contributed by atoms with Crippen LogP contribution < -0.4 is 5.19 Å². The van der Waals surface area contributed by atoms with Gasteiger partial charge in [-0.3, -0.25) is 4.98 Å². The Morgan fingerprint density at radius 1 is 0.778 bits per heavy atom. The number of aryl methyl sites for hydroxylation is 1. The Labute approximate surface area is 332 Å². The van der Waals surface area contributed by atoms with Gasteiger partial charge >= 0.3 is 0 Å². The molecule has 0 aliphatic heterocycles. The van der Waals surface area contributed by atoms with E-state index in [2.05, 4.69) is 154 Å². The third kappa shape index (κ3) is 7.34. The van der Waals surface area contributed by atoms with Crippen LogP contribution in [0.2, 0.25) is 19.6 Å². The number of benzene rings is 6. The van der Waals surface area contributed by atoms with Crippen LogP contribution in [0.25, 0.3) is 72.1 Å². The zero-order chi connectivity index (χ0) is 36.7. The molecule has 3 heterocycles. The SMILES string of the molecule is Cc1c[c-]c(-c2cc(CC(C)C)c([Si](C)(C)C)cn2)cc1.[Ir].[c-]1ccc2c(oc3ccccc32)c1-c1nc2ccccc2n1-c1ccc2ccccc2c1. The molecule has 0 aliphatic rings. The summed E-state index contributed by atoms with van der Waals surface area (Å²) in [5.74, 6) is 1.49. The van der Waals surface area contributed by atoms with Gasteiger partial charge in [-0.2, -0.15) is 0 Å². The molecule has 0 bridgehead atoms. The second kappa shape index (κ2) is 15.3. The summed E-state index contributed by atoms with van der Waals surface area (Å²) in [6.07, 6.45) is 3.24. The molecule has 0 amide bonds. The number of imidazole rings is 1. The van der Waals surface area contributed by atoms with Gasteiger partial charge in [0.2, 0.25) is 0 Å². The molecule has 0 N–H and O–H groups in total. The number of rotatable bonds is 6. The van der Waals surface area contributed by atoms with Gasteiger partial charge in [-0.1, -0.05) is 124 Å². The largest absolute Gasteiger partial charge is 0.501 e. The molecule has 4 nitrogen and oxygen atoms in total. The molecule has 9 rings (SSSR count). The van der Waals surface area contributed by atoms with Crippen molar-refractivity contribution in [2.75, 3.05) is 0 Å². The number of aromatic nitrogens is 3. The Kier molecular flexibility index (Phi) is 10.5. The van der Waals surface area contributed by atoms with Crippen LogP contribution in [0.15, 0.2) is 138 Å². The first kappa shape index (κ1) is 37.2. The fraction of sp³-hybridized carbons (Fsp3) is 0.167. The summed E-state index contributed by atoms with van der Waals surface area (Å²) < 4.78 is 8.52. The Morgan fingerprint density at radius 2 is 1.54 bits per heavy atom. The van der Waals surface area contributed by atoms with E-state index >= 15 is 0 Å². The zero-order valence-corrected chi connectivity index (χ0v) is 35.0. The van der Waals surface area contributed by atoms with Crippen LogP contribution in [0.1, 0.15) is 25.0 Å². The molecule has 0 saturated heterocycles. The molecule has 0 saturated carbocycles. The number of fused-ring (bicyclic) bond motifs is 5. The fourth-order valence-corrected chi connectivity index (χ4v) is 8.81. The van der Waals surface area contributed by atoms with Gasteiger partial charge in [-0.15, -0.1) is 53.6 Å². The number of hydrogen-bond acceptors (Lipinski definition) is 3. The molecule has 3 aromatic heterocycles. The van der Waals surface area contributed by atoms with E-state index in [9.17, 15) is 0 Å². The quantitative estimate of drug-likeness (QED) is 0.123. The molecule has 54 heavy (non-hydrogen) atoms. The standard InChI is InChI=1S/C29H17N2O.C19H26NSi.Ir/c1-2-9-20-18-21(17-16-19(20)8-1)31-26-14-5-4-13-25(26)30-29(31)24-12-7-11-23-22-10-3-6-15-27(22)32-28(23)24;1-14(2)11-17-12-18(16-9-7-15(3)8-10-16)20-13-19(17)21(4,5)6;/h1-11,13-18H;7-9,12-14H,11H2,1-6H3;/q2*-1;. The van der Waals surface area contributed by atoms with Crippen molar-refractivity contribution < 1.29 is 24.5 Å². The molecule has 9 aromatic rings. The second-order valence-corrected chi connectivity index (χ2v) is 20.4. The van der Waals surface area contributed by atoms with Crippen LogP contribution in [0.3, 0.4) is 0 Å². The third-order valence-corrected chi connectivity index (χ3v) is 11.9. The fourth-order valence-electron chi connectivity index (χ4n) is 7.22. The minimum absolute atomic E-state index is 0. The van der Waals surface area contributed by atoms with Crippen LogP contribution in [0.4, 0.5) is 0 Å². The van der Waals surface area contributed by atoms with Gasteiger partial charge in [0.15, 0.2) is 0 Å². The van der Waals surface area contributed by atoms with Crippen molar-refractivity contribution in [1.29, 1.82) is 0 Å². The first-order valence-corrected chi connectivity index (χ1v) is 21.9. The van der Waals surface area contributed by atoms with E-state index < -0.39 is 8.07 Å². The smallest absolute Gasteiger partial charge is 0.120 e. The van der Waals surface area contributed by atoms with Crippen LogP contribution in [0, 0.1) is 25.0 Å². The van der Waals surface area contributed by atoms with Gasteiger partial charge < -0.3 is 14.0 Å². The number of nitrogens with zero attached hydrogens (tertiary/aromatic N) is 3. The zero-order valence-electron chi connectivity index (χ0n) is 31.6. The topological polar surface area (TPSA) is 43.9 Å². The van der Waals surface area contributed by atoms with Gasteiger partial charge in [0.05, 0.1) is 30.5 Å². The van der Waals surface area contributed by atoms with Crippen molar-refractivity contribution in [3.63, 3.8) is 0 Å². The summed E-state index contributed by atoms with van der Waals surface area (Å²) in [6.45, 7) is 13.8. The van der Waals surface area contributed by atoms with Gasteiger partial charge in [0.25, 0.3) is 0 Å². The van der Waals surface area contributed by atoms with Gasteiger partial charge in [0.1, 0.15) is 5.58 Å². The Bertz CT molecular complexity index is 2740. The maximum atomic E-state index is 6.31. The third-order valence-electron chi connectivity index (χ3n) is 9.78. The van der Waals surface area contributed by atoms with Crippen molar-refractivity contribution in [2.45, 2.75) is 46.8 Å². The molecule has 0 unspecified atom stereocenters. The molecular weight excluding hydrogens is 855 g/mol. The predicted octanol–water partition coefficient (Wildman–Crippen LogP) is 12.1. The summed E-state index contributed by atoms with van der Waals surface area (Å²) in [4.78, 5) is 9.75. The second-order valence-electron chi connectivity index (χ2n) is 15.3. The van der Waals surface area contributed by atoms with E-state index in [0.29, 0.717) is 5.92 Å². The van der Waals surface area contributed by atoms with Crippen molar-refractivity contribution >= 4 is 57.0 Å². The molecule has 271 valence electrons. The molecule has 0 spiro atoms. The van der Waals surface area contributed by atoms with E-state index in [4.69, 9.17) is 14.4 Å². The number of pyridine rings is 1. The molecule has 6 heteroatoms. The normalized spacial score (nSPS) is 11.6. The molecule has 0 aliphatic carbocycles. The van der Waals surface area contributed by atoms with Crippen molar-refractivity contribution in [3.8, 4) is 28.3 Å². The van der Waals surface area contributed by atoms with Crippen LogP contribution in [-0.4, -0.2) is 22.6 Å². The summed E-state index contributed by atoms with van der Waals surface area (Å²) in [5, 5.41) is 6.08. The Balaban J connectivity index is 0.000000180. The van der Waals surface area contributed by atoms with E-state index in [1.807, 2.05) is 36.4 Å². The summed E-state index contributed by atoms with van der Waals surface area (Å²) in [5.41, 5.74) is 10.5. The van der Waals surface area contributed by atoms with E-state index in [-0.39, 0.29) is 20.1 Å². The summed E-state index contributed by atoms with van der Waals surface area (Å²) in [6, 6.07) is 50.7. The average molecular weight is 898 g/mol. The van der Waals surface area contributed by atoms with Crippen LogP contribution in [-0.2, 0) is 26.5 Å². The van der Waals surface area contributed by atoms with Crippen molar-refractivity contribution in [1.82, 2.24) is 14.5 Å². The molecule has 6 aromatic carbocycles. The summed E-state index contributed by atoms with van der Waals surface area (Å²) in [7, 11) is -1.35. The van der Waals surface area contributed by atoms with Gasteiger partial charge in [-0.05, 0) is 64.3 Å². The average Bonchev–Trinajstić information content (AvgIpc) is 3.73. The Hall–Kier alpha value is -5.13. The monoisotopic (exact) mass is 898 g/mol. The first-order chi connectivity index (χ1) is 25.6. The van der Waals surface area contributed by atoms with Gasteiger partial charge in [-0.25, -0.2) is 0 Å². The van der Waals surface area contributed by atoms with E-state index in [1.54, 1.807) is 0 Å². The molecular formula is C48H43IrN3OSi-2. The molecule has 1 radical (unpaired) electrons. The number of hydrogen-bond donors (Lipinski definition) is 0. The minimum atomic E-state index is -1.35. The van der Waals surface area contributed by atoms with Crippen LogP contribution >= 0.6 is 0 Å². The number of para-hydroxylation sites is 3.